The zero-order valence-electron chi connectivity index (χ0n) is 12.4. The molecule has 2 N–H and O–H groups in total. The van der Waals surface area contributed by atoms with E-state index in [1.807, 2.05) is 14.0 Å². The van der Waals surface area contributed by atoms with Crippen LogP contribution >= 0.6 is 0 Å². The number of imidazole rings is 1. The number of nitrogens with zero attached hydrogens (tertiary/aromatic N) is 2. The average molecular weight is 300 g/mol. The van der Waals surface area contributed by atoms with Crippen molar-refractivity contribution in [3.63, 3.8) is 0 Å². The van der Waals surface area contributed by atoms with Gasteiger partial charge in [-0.3, -0.25) is 0 Å². The normalized spacial score (nSPS) is 24.2. The van der Waals surface area contributed by atoms with Gasteiger partial charge >= 0.3 is 0 Å². The van der Waals surface area contributed by atoms with Gasteiger partial charge < -0.3 is 10.3 Å². The Morgan fingerprint density at radius 1 is 1.40 bits per heavy atom. The summed E-state index contributed by atoms with van der Waals surface area (Å²) in [7, 11) is 0.176. The molecule has 1 aliphatic rings. The summed E-state index contributed by atoms with van der Waals surface area (Å²) in [5, 5.41) is 3.46. The van der Waals surface area contributed by atoms with Gasteiger partial charge in [0.2, 0.25) is 0 Å². The number of hydrogen-bond donors (Lipinski definition) is 2. The molecule has 1 aromatic heterocycles. The van der Waals surface area contributed by atoms with Crippen molar-refractivity contribution in [2.24, 2.45) is 0 Å². The molecule has 0 unspecified atom stereocenters. The Kier molecular flexibility index (Phi) is 4.82. The monoisotopic (exact) mass is 300 g/mol. The summed E-state index contributed by atoms with van der Waals surface area (Å²) >= 11 is 0. The highest BCUT2D eigenvalue weighted by molar-refractivity contribution is 7.89. The molecule has 2 rings (SSSR count). The SMILES string of the molecule is CCc1ncc(S(=O)(=O)N(C)C2CCC(NC)CC2)[nH]1. The van der Waals surface area contributed by atoms with Gasteiger partial charge in [0.25, 0.3) is 10.0 Å². The quantitative estimate of drug-likeness (QED) is 0.854. The number of sulfonamides is 1. The molecule has 20 heavy (non-hydrogen) atoms. The fraction of sp³-hybridized carbons (Fsp3) is 0.769. The van der Waals surface area contributed by atoms with Gasteiger partial charge in [-0.05, 0) is 32.7 Å². The number of rotatable bonds is 5. The largest absolute Gasteiger partial charge is 0.332 e. The molecular formula is C13H24N4O2S. The second kappa shape index (κ2) is 6.24. The molecule has 1 heterocycles. The molecule has 0 bridgehead atoms. The molecule has 1 aliphatic carbocycles. The average Bonchev–Trinajstić information content (AvgIpc) is 2.96. The maximum Gasteiger partial charge on any atom is 0.260 e. The van der Waals surface area contributed by atoms with Crippen molar-refractivity contribution in [1.29, 1.82) is 0 Å². The first-order valence-electron chi connectivity index (χ1n) is 7.18. The van der Waals surface area contributed by atoms with Crippen LogP contribution in [0, 0.1) is 0 Å². The second-order valence-corrected chi connectivity index (χ2v) is 7.33. The molecule has 0 radical (unpaired) electrons. The van der Waals surface area contributed by atoms with E-state index in [1.165, 1.54) is 10.5 Å². The molecule has 6 nitrogen and oxygen atoms in total. The third-order valence-corrected chi connectivity index (χ3v) is 6.04. The Labute approximate surface area is 121 Å². The third-order valence-electron chi connectivity index (χ3n) is 4.22. The number of H-pyrrole nitrogens is 1. The Hall–Kier alpha value is -0.920. The highest BCUT2D eigenvalue weighted by Gasteiger charge is 2.32. The van der Waals surface area contributed by atoms with E-state index in [4.69, 9.17) is 0 Å². The number of aromatic nitrogens is 2. The van der Waals surface area contributed by atoms with E-state index in [0.717, 1.165) is 25.7 Å². The number of nitrogens with one attached hydrogen (secondary N) is 2. The van der Waals surface area contributed by atoms with E-state index < -0.39 is 10.0 Å². The van der Waals surface area contributed by atoms with Crippen LogP contribution in [0.3, 0.4) is 0 Å². The highest BCUT2D eigenvalue weighted by Crippen LogP contribution is 2.26. The third kappa shape index (κ3) is 3.05. The molecule has 1 fully saturated rings. The lowest BCUT2D eigenvalue weighted by molar-refractivity contribution is 0.254. The Balaban J connectivity index is 2.09. The fourth-order valence-electron chi connectivity index (χ4n) is 2.73. The van der Waals surface area contributed by atoms with Gasteiger partial charge in [0.1, 0.15) is 5.82 Å². The van der Waals surface area contributed by atoms with Crippen molar-refractivity contribution in [1.82, 2.24) is 19.6 Å². The lowest BCUT2D eigenvalue weighted by atomic mass is 9.91. The zero-order chi connectivity index (χ0) is 14.8. The van der Waals surface area contributed by atoms with E-state index in [0.29, 0.717) is 18.3 Å². The molecule has 0 spiro atoms. The summed E-state index contributed by atoms with van der Waals surface area (Å²) < 4.78 is 26.6. The summed E-state index contributed by atoms with van der Waals surface area (Å²) in [6, 6.07) is 0.596. The van der Waals surface area contributed by atoms with Crippen LogP contribution in [-0.4, -0.2) is 48.9 Å². The summed E-state index contributed by atoms with van der Waals surface area (Å²) in [5.74, 6) is 0.705. The fourth-order valence-corrected chi connectivity index (χ4v) is 4.08. The topological polar surface area (TPSA) is 78.1 Å². The van der Waals surface area contributed by atoms with Gasteiger partial charge in [0.05, 0.1) is 6.20 Å². The van der Waals surface area contributed by atoms with Crippen molar-refractivity contribution in [2.45, 2.75) is 56.1 Å². The lowest BCUT2D eigenvalue weighted by Crippen LogP contribution is -2.42. The maximum absolute atomic E-state index is 12.6. The molecule has 7 heteroatoms. The number of aromatic amines is 1. The summed E-state index contributed by atoms with van der Waals surface area (Å²) in [5.41, 5.74) is 0. The molecule has 0 amide bonds. The van der Waals surface area contributed by atoms with E-state index >= 15 is 0 Å². The van der Waals surface area contributed by atoms with Crippen LogP contribution in [-0.2, 0) is 16.4 Å². The van der Waals surface area contributed by atoms with Gasteiger partial charge in [-0.15, -0.1) is 0 Å². The van der Waals surface area contributed by atoms with Gasteiger partial charge in [0.15, 0.2) is 5.03 Å². The summed E-state index contributed by atoms with van der Waals surface area (Å²) in [6.45, 7) is 1.94. The minimum absolute atomic E-state index is 0.0815. The van der Waals surface area contributed by atoms with Crippen molar-refractivity contribution in [2.75, 3.05) is 14.1 Å². The zero-order valence-corrected chi connectivity index (χ0v) is 13.2. The predicted octanol–water partition coefficient (Wildman–Crippen LogP) is 1.12. The number of hydrogen-bond acceptors (Lipinski definition) is 4. The predicted molar refractivity (Wildman–Crippen MR) is 78.0 cm³/mol. The molecule has 0 atom stereocenters. The molecular weight excluding hydrogens is 276 g/mol. The van der Waals surface area contributed by atoms with Crippen molar-refractivity contribution in [3.8, 4) is 0 Å². The lowest BCUT2D eigenvalue weighted by Gasteiger charge is -2.33. The van der Waals surface area contributed by atoms with Gasteiger partial charge in [0, 0.05) is 25.6 Å². The van der Waals surface area contributed by atoms with Crippen LogP contribution in [0.25, 0.3) is 0 Å². The van der Waals surface area contributed by atoms with E-state index in [1.54, 1.807) is 7.05 Å². The minimum Gasteiger partial charge on any atom is -0.332 e. The highest BCUT2D eigenvalue weighted by atomic mass is 32.2. The van der Waals surface area contributed by atoms with Gasteiger partial charge in [-0.1, -0.05) is 6.92 Å². The van der Waals surface area contributed by atoms with Gasteiger partial charge in [-0.25, -0.2) is 13.4 Å². The molecule has 114 valence electrons. The van der Waals surface area contributed by atoms with Crippen LogP contribution < -0.4 is 5.32 Å². The Bertz CT molecular complexity index is 532. The Morgan fingerprint density at radius 3 is 2.55 bits per heavy atom. The Morgan fingerprint density at radius 2 is 2.05 bits per heavy atom. The van der Waals surface area contributed by atoms with E-state index in [2.05, 4.69) is 15.3 Å². The molecule has 0 saturated heterocycles. The molecule has 1 aromatic rings. The van der Waals surface area contributed by atoms with E-state index in [9.17, 15) is 8.42 Å². The van der Waals surface area contributed by atoms with Crippen molar-refractivity contribution in [3.05, 3.63) is 12.0 Å². The number of aryl methyl sites for hydroxylation is 1. The molecule has 1 saturated carbocycles. The van der Waals surface area contributed by atoms with Crippen LogP contribution in [0.2, 0.25) is 0 Å². The minimum atomic E-state index is -3.46. The standard InChI is InChI=1S/C13H24N4O2S/c1-4-12-15-9-13(16-12)20(18,19)17(3)11-7-5-10(14-2)6-8-11/h9-11,14H,4-8H2,1-3H3,(H,15,16). The summed E-state index contributed by atoms with van der Waals surface area (Å²) in [4.78, 5) is 6.97. The first-order valence-corrected chi connectivity index (χ1v) is 8.62. The molecule has 0 aromatic carbocycles. The van der Waals surface area contributed by atoms with Crippen molar-refractivity contribution >= 4 is 10.0 Å². The van der Waals surface area contributed by atoms with Gasteiger partial charge in [-0.2, -0.15) is 4.31 Å². The maximum atomic E-state index is 12.6. The van der Waals surface area contributed by atoms with Crippen LogP contribution in [0.4, 0.5) is 0 Å². The van der Waals surface area contributed by atoms with Crippen LogP contribution in [0.1, 0.15) is 38.4 Å². The smallest absolute Gasteiger partial charge is 0.260 e. The van der Waals surface area contributed by atoms with Crippen molar-refractivity contribution < 1.29 is 8.42 Å². The van der Waals surface area contributed by atoms with Crippen LogP contribution in [0.5, 0.6) is 0 Å². The van der Waals surface area contributed by atoms with Crippen LogP contribution in [0.15, 0.2) is 11.2 Å². The first kappa shape index (κ1) is 15.5. The molecule has 0 aliphatic heterocycles. The van der Waals surface area contributed by atoms with E-state index in [-0.39, 0.29) is 11.1 Å². The first-order chi connectivity index (χ1) is 9.48. The second-order valence-electron chi connectivity index (χ2n) is 5.36. The summed E-state index contributed by atoms with van der Waals surface area (Å²) in [6.07, 6.45) is 5.96.